The average molecular weight is 265 g/mol. The number of anilines is 1. The number of aromatic nitrogens is 2. The summed E-state index contributed by atoms with van der Waals surface area (Å²) >= 11 is 0. The molecule has 5 nitrogen and oxygen atoms in total. The molecule has 0 spiro atoms. The van der Waals surface area contributed by atoms with E-state index in [2.05, 4.69) is 24.0 Å². The molecule has 0 amide bonds. The number of carbonyl (C=O) groups is 1. The fraction of sp³-hybridized carbons (Fsp3) is 0.643. The smallest absolute Gasteiger partial charge is 0.339 e. The lowest BCUT2D eigenvalue weighted by atomic mass is 10.0. The van der Waals surface area contributed by atoms with E-state index >= 15 is 0 Å². The van der Waals surface area contributed by atoms with Crippen LogP contribution in [-0.2, 0) is 12.8 Å². The van der Waals surface area contributed by atoms with Crippen molar-refractivity contribution in [2.75, 3.05) is 18.5 Å². The van der Waals surface area contributed by atoms with Gasteiger partial charge in [0.05, 0.1) is 5.69 Å². The molecule has 106 valence electrons. The average Bonchev–Trinajstić information content (AvgIpc) is 2.35. The summed E-state index contributed by atoms with van der Waals surface area (Å²) in [6.07, 6.45) is 1.35. The number of carboxylic acids is 1. The van der Waals surface area contributed by atoms with Gasteiger partial charge in [-0.1, -0.05) is 27.7 Å². The number of carboxylic acid groups (broad SMARTS) is 1. The van der Waals surface area contributed by atoms with Gasteiger partial charge in [0, 0.05) is 13.6 Å². The van der Waals surface area contributed by atoms with Gasteiger partial charge in [0.2, 0.25) is 0 Å². The van der Waals surface area contributed by atoms with E-state index in [1.807, 2.05) is 25.8 Å². The van der Waals surface area contributed by atoms with Crippen molar-refractivity contribution in [3.05, 3.63) is 16.8 Å². The molecular formula is C14H23N3O2. The molecule has 0 unspecified atom stereocenters. The first-order chi connectivity index (χ1) is 8.92. The highest BCUT2D eigenvalue weighted by Gasteiger charge is 2.22. The van der Waals surface area contributed by atoms with Crippen molar-refractivity contribution in [1.82, 2.24) is 10.2 Å². The Morgan fingerprint density at radius 1 is 1.26 bits per heavy atom. The normalized spacial score (nSPS) is 10.8. The maximum absolute atomic E-state index is 11.6. The predicted octanol–water partition coefficient (Wildman–Crippen LogP) is 2.39. The highest BCUT2D eigenvalue weighted by atomic mass is 16.4. The number of aryl methyl sites for hydroxylation is 1. The molecule has 0 atom stereocenters. The number of hydrogen-bond donors (Lipinski definition) is 1. The summed E-state index contributed by atoms with van der Waals surface area (Å²) in [5.74, 6) is -0.0216. The maximum Gasteiger partial charge on any atom is 0.339 e. The van der Waals surface area contributed by atoms with Crippen molar-refractivity contribution >= 4 is 11.8 Å². The summed E-state index contributed by atoms with van der Waals surface area (Å²) in [5.41, 5.74) is 1.88. The SMILES string of the molecule is CCc1nnc(N(C)CC(C)C)c(C(=O)O)c1CC. The molecule has 0 aromatic carbocycles. The van der Waals surface area contributed by atoms with Crippen molar-refractivity contribution in [3.63, 3.8) is 0 Å². The summed E-state index contributed by atoms with van der Waals surface area (Å²) in [7, 11) is 1.86. The second-order valence-electron chi connectivity index (χ2n) is 5.11. The minimum atomic E-state index is -0.924. The first kappa shape index (κ1) is 15.4. The van der Waals surface area contributed by atoms with Crippen molar-refractivity contribution in [3.8, 4) is 0 Å². The second kappa shape index (κ2) is 6.50. The van der Waals surface area contributed by atoms with Crippen LogP contribution in [0.1, 0.15) is 49.3 Å². The van der Waals surface area contributed by atoms with E-state index in [0.717, 1.165) is 17.8 Å². The van der Waals surface area contributed by atoms with Crippen LogP contribution < -0.4 is 4.90 Å². The van der Waals surface area contributed by atoms with E-state index in [0.29, 0.717) is 30.1 Å². The molecule has 0 bridgehead atoms. The van der Waals surface area contributed by atoms with Crippen molar-refractivity contribution in [2.45, 2.75) is 40.5 Å². The van der Waals surface area contributed by atoms with Crippen LogP contribution in [0.15, 0.2) is 0 Å². The molecule has 5 heteroatoms. The Bertz CT molecular complexity index is 458. The standard InChI is InChI=1S/C14H23N3O2/c1-6-10-11(7-2)15-16-13(12(10)14(18)19)17(5)8-9(3)4/h9H,6-8H2,1-5H3,(H,18,19). The van der Waals surface area contributed by atoms with E-state index in [1.54, 1.807) is 0 Å². The van der Waals surface area contributed by atoms with Crippen LogP contribution in [0.3, 0.4) is 0 Å². The predicted molar refractivity (Wildman–Crippen MR) is 75.9 cm³/mol. The quantitative estimate of drug-likeness (QED) is 0.855. The Labute approximate surface area is 114 Å². The van der Waals surface area contributed by atoms with Crippen LogP contribution in [0.25, 0.3) is 0 Å². The summed E-state index contributed by atoms with van der Waals surface area (Å²) in [6.45, 7) is 8.85. The maximum atomic E-state index is 11.6. The summed E-state index contributed by atoms with van der Waals surface area (Å²) in [6, 6.07) is 0. The molecule has 0 fully saturated rings. The van der Waals surface area contributed by atoms with Gasteiger partial charge < -0.3 is 10.0 Å². The molecule has 0 radical (unpaired) electrons. The third-order valence-electron chi connectivity index (χ3n) is 3.04. The highest BCUT2D eigenvalue weighted by Crippen LogP contribution is 2.23. The number of hydrogen-bond acceptors (Lipinski definition) is 4. The summed E-state index contributed by atoms with van der Waals surface area (Å²) in [4.78, 5) is 13.4. The minimum absolute atomic E-state index is 0.303. The molecule has 19 heavy (non-hydrogen) atoms. The lowest BCUT2D eigenvalue weighted by Gasteiger charge is -2.23. The molecule has 0 aliphatic carbocycles. The van der Waals surface area contributed by atoms with Crippen LogP contribution >= 0.6 is 0 Å². The van der Waals surface area contributed by atoms with Gasteiger partial charge in [-0.15, -0.1) is 5.10 Å². The summed E-state index contributed by atoms with van der Waals surface area (Å²) in [5, 5.41) is 17.8. The molecule has 0 aliphatic rings. The molecule has 1 aromatic heterocycles. The Balaban J connectivity index is 3.35. The van der Waals surface area contributed by atoms with E-state index < -0.39 is 5.97 Å². The van der Waals surface area contributed by atoms with Gasteiger partial charge in [0.1, 0.15) is 5.56 Å². The van der Waals surface area contributed by atoms with Gasteiger partial charge in [0.25, 0.3) is 0 Å². The van der Waals surface area contributed by atoms with Gasteiger partial charge in [-0.25, -0.2) is 4.79 Å². The number of rotatable bonds is 6. The van der Waals surface area contributed by atoms with E-state index in [4.69, 9.17) is 0 Å². The van der Waals surface area contributed by atoms with Crippen LogP contribution in [0.2, 0.25) is 0 Å². The fourth-order valence-electron chi connectivity index (χ4n) is 2.29. The second-order valence-corrected chi connectivity index (χ2v) is 5.11. The van der Waals surface area contributed by atoms with E-state index in [1.165, 1.54) is 0 Å². The van der Waals surface area contributed by atoms with Crippen molar-refractivity contribution < 1.29 is 9.90 Å². The molecule has 0 aliphatic heterocycles. The van der Waals surface area contributed by atoms with Crippen LogP contribution in [-0.4, -0.2) is 34.9 Å². The summed E-state index contributed by atoms with van der Waals surface area (Å²) < 4.78 is 0. The third-order valence-corrected chi connectivity index (χ3v) is 3.04. The molecule has 1 heterocycles. The largest absolute Gasteiger partial charge is 0.478 e. The van der Waals surface area contributed by atoms with Gasteiger partial charge in [-0.05, 0) is 24.3 Å². The van der Waals surface area contributed by atoms with Gasteiger partial charge in [-0.3, -0.25) is 0 Å². The van der Waals surface area contributed by atoms with Crippen LogP contribution in [0.5, 0.6) is 0 Å². The molecular weight excluding hydrogens is 242 g/mol. The highest BCUT2D eigenvalue weighted by molar-refractivity contribution is 5.95. The Kier molecular flexibility index (Phi) is 5.27. The van der Waals surface area contributed by atoms with E-state index in [-0.39, 0.29) is 0 Å². The van der Waals surface area contributed by atoms with Gasteiger partial charge >= 0.3 is 5.97 Å². The zero-order valence-corrected chi connectivity index (χ0v) is 12.4. The van der Waals surface area contributed by atoms with Crippen LogP contribution in [0.4, 0.5) is 5.82 Å². The van der Waals surface area contributed by atoms with Crippen molar-refractivity contribution in [1.29, 1.82) is 0 Å². The fourth-order valence-corrected chi connectivity index (χ4v) is 2.29. The van der Waals surface area contributed by atoms with Crippen molar-refractivity contribution in [2.24, 2.45) is 5.92 Å². The minimum Gasteiger partial charge on any atom is -0.478 e. The van der Waals surface area contributed by atoms with Crippen LogP contribution in [0, 0.1) is 5.92 Å². The first-order valence-electron chi connectivity index (χ1n) is 6.75. The molecule has 1 N–H and O–H groups in total. The van der Waals surface area contributed by atoms with E-state index in [9.17, 15) is 9.90 Å². The lowest BCUT2D eigenvalue weighted by Crippen LogP contribution is -2.27. The zero-order chi connectivity index (χ0) is 14.6. The molecule has 1 aromatic rings. The Morgan fingerprint density at radius 3 is 2.32 bits per heavy atom. The topological polar surface area (TPSA) is 66.3 Å². The zero-order valence-electron chi connectivity index (χ0n) is 12.4. The van der Waals surface area contributed by atoms with Gasteiger partial charge in [0.15, 0.2) is 5.82 Å². The first-order valence-corrected chi connectivity index (χ1v) is 6.75. The number of nitrogens with zero attached hydrogens (tertiary/aromatic N) is 3. The van der Waals surface area contributed by atoms with Gasteiger partial charge in [-0.2, -0.15) is 5.10 Å². The lowest BCUT2D eigenvalue weighted by molar-refractivity contribution is 0.0695. The Hall–Kier alpha value is -1.65. The molecule has 1 rings (SSSR count). The Morgan fingerprint density at radius 2 is 1.89 bits per heavy atom. The monoisotopic (exact) mass is 265 g/mol. The number of aromatic carboxylic acids is 1. The molecule has 0 saturated heterocycles. The molecule has 0 saturated carbocycles. The third kappa shape index (κ3) is 3.43.